The van der Waals surface area contributed by atoms with Gasteiger partial charge in [-0.25, -0.2) is 0 Å². The summed E-state index contributed by atoms with van der Waals surface area (Å²) < 4.78 is 17.2. The first-order chi connectivity index (χ1) is 26.6. The second-order valence-electron chi connectivity index (χ2n) is 17.0. The number of nitrogens with zero attached hydrogens (tertiary/aromatic N) is 1. The van der Waals surface area contributed by atoms with Crippen molar-refractivity contribution >= 4 is 17.9 Å². The molecule has 0 amide bonds. The zero-order valence-electron chi connectivity index (χ0n) is 36.9. The first kappa shape index (κ1) is 53.1. The van der Waals surface area contributed by atoms with Crippen LogP contribution in [0.3, 0.4) is 0 Å². The van der Waals surface area contributed by atoms with Gasteiger partial charge < -0.3 is 28.6 Å². The van der Waals surface area contributed by atoms with E-state index in [-0.39, 0.29) is 42.7 Å². The maximum absolute atomic E-state index is 12.7. The van der Waals surface area contributed by atoms with E-state index in [4.69, 9.17) is 14.2 Å². The Balaban J connectivity index is 4.19. The summed E-state index contributed by atoms with van der Waals surface area (Å²) >= 11 is 0. The molecule has 0 bridgehead atoms. The Morgan fingerprint density at radius 3 is 1.36 bits per heavy atom. The van der Waals surface area contributed by atoms with Crippen LogP contribution in [-0.2, 0) is 28.6 Å². The van der Waals surface area contributed by atoms with Gasteiger partial charge in [-0.2, -0.15) is 0 Å². The molecule has 0 aliphatic rings. The molecule has 0 N–H and O–H groups in total. The highest BCUT2D eigenvalue weighted by molar-refractivity contribution is 5.70. The number of quaternary nitrogens is 1. The van der Waals surface area contributed by atoms with E-state index in [9.17, 15) is 19.5 Å². The lowest BCUT2D eigenvalue weighted by Gasteiger charge is -2.34. The molecule has 55 heavy (non-hydrogen) atoms. The Hall–Kier alpha value is -1.93. The van der Waals surface area contributed by atoms with Gasteiger partial charge in [0, 0.05) is 19.3 Å². The molecule has 0 saturated carbocycles. The maximum Gasteiger partial charge on any atom is 0.306 e. The third-order valence-electron chi connectivity index (χ3n) is 10.7. The molecule has 0 heterocycles. The molecule has 8 nitrogen and oxygen atoms in total. The number of rotatable bonds is 42. The summed E-state index contributed by atoms with van der Waals surface area (Å²) in [7, 11) is 5.41. The van der Waals surface area contributed by atoms with Gasteiger partial charge in [-0.3, -0.25) is 9.59 Å². The Kier molecular flexibility index (Phi) is 37.6. The molecule has 0 aliphatic heterocycles. The fourth-order valence-corrected chi connectivity index (χ4v) is 6.99. The number of hydrogen-bond donors (Lipinski definition) is 0. The third kappa shape index (κ3) is 37.4. The second kappa shape index (κ2) is 38.9. The van der Waals surface area contributed by atoms with E-state index in [1.807, 2.05) is 0 Å². The van der Waals surface area contributed by atoms with E-state index in [0.29, 0.717) is 12.8 Å². The number of likely N-dealkylation sites (N-methyl/N-ethyl adjacent to an activating group) is 1. The molecule has 0 spiro atoms. The minimum absolute atomic E-state index is 0.0427. The second-order valence-corrected chi connectivity index (χ2v) is 17.0. The number of allylic oxidation sites excluding steroid dienone is 2. The van der Waals surface area contributed by atoms with E-state index in [1.165, 1.54) is 135 Å². The number of unbranched alkanes of at least 4 members (excludes halogenated alkanes) is 26. The van der Waals surface area contributed by atoms with E-state index < -0.39 is 18.1 Å². The lowest BCUT2D eigenvalue weighted by molar-refractivity contribution is -0.889. The first-order valence-corrected chi connectivity index (χ1v) is 23.2. The molecule has 0 aliphatic carbocycles. The van der Waals surface area contributed by atoms with Crippen molar-refractivity contribution in [2.24, 2.45) is 0 Å². The van der Waals surface area contributed by atoms with Crippen molar-refractivity contribution in [2.75, 3.05) is 41.0 Å². The van der Waals surface area contributed by atoms with E-state index in [0.717, 1.165) is 51.4 Å². The number of carbonyl (C=O) groups excluding carboxylic acids is 3. The van der Waals surface area contributed by atoms with Gasteiger partial charge in [-0.1, -0.05) is 180 Å². The van der Waals surface area contributed by atoms with Gasteiger partial charge in [0.25, 0.3) is 0 Å². The van der Waals surface area contributed by atoms with Gasteiger partial charge in [0.05, 0.1) is 40.3 Å². The zero-order valence-corrected chi connectivity index (χ0v) is 36.9. The Morgan fingerprint density at radius 2 is 0.927 bits per heavy atom. The molecule has 0 saturated heterocycles. The first-order valence-electron chi connectivity index (χ1n) is 23.2. The lowest BCUT2D eigenvalue weighted by Crippen LogP contribution is -2.55. The van der Waals surface area contributed by atoms with Crippen LogP contribution < -0.4 is 5.11 Å². The van der Waals surface area contributed by atoms with Crippen LogP contribution in [0.25, 0.3) is 0 Å². The van der Waals surface area contributed by atoms with Crippen LogP contribution in [0.5, 0.6) is 0 Å². The standard InChI is InChI=1S/C47H89NO7/c1-6-8-10-12-14-16-18-19-20-21-22-23-24-25-26-28-29-31-33-35-37-45(49)54-42-43(41-53-40-39-44(47(51)52)48(3,4)5)55-46(50)38-36-34-32-30-27-17-15-13-11-9-7-2/h13,15,43-44H,6-12,14,16-42H2,1-5H3/b15-13+. The monoisotopic (exact) mass is 780 g/mol. The number of carboxylic acids is 1. The topological polar surface area (TPSA) is 102 Å². The SMILES string of the molecule is CCCC/C=C/CCCCCCCC(=O)OC(COCCC(C(=O)[O-])[N+](C)(C)C)COC(=O)CCCCCCCCCCCCCCCCCCCCCC. The van der Waals surface area contributed by atoms with Gasteiger partial charge in [-0.15, -0.1) is 0 Å². The predicted molar refractivity (Wildman–Crippen MR) is 227 cm³/mol. The highest BCUT2D eigenvalue weighted by atomic mass is 16.6. The Morgan fingerprint density at radius 1 is 0.527 bits per heavy atom. The normalized spacial score (nSPS) is 13.0. The number of esters is 2. The van der Waals surface area contributed by atoms with Crippen molar-refractivity contribution in [3.63, 3.8) is 0 Å². The van der Waals surface area contributed by atoms with E-state index in [2.05, 4.69) is 26.0 Å². The van der Waals surface area contributed by atoms with E-state index in [1.54, 1.807) is 21.1 Å². The van der Waals surface area contributed by atoms with Crippen LogP contribution >= 0.6 is 0 Å². The molecule has 0 radical (unpaired) electrons. The fourth-order valence-electron chi connectivity index (χ4n) is 6.99. The predicted octanol–water partition coefficient (Wildman–Crippen LogP) is 11.4. The largest absolute Gasteiger partial charge is 0.544 e. The van der Waals surface area contributed by atoms with Crippen molar-refractivity contribution in [1.29, 1.82) is 0 Å². The molecule has 0 aromatic heterocycles. The Labute approximate surface area is 339 Å². The van der Waals surface area contributed by atoms with E-state index >= 15 is 0 Å². The molecule has 0 rings (SSSR count). The minimum atomic E-state index is -1.12. The highest BCUT2D eigenvalue weighted by Gasteiger charge is 2.25. The number of aliphatic carboxylic acids is 1. The quantitative estimate of drug-likeness (QED) is 0.0263. The van der Waals surface area contributed by atoms with Crippen molar-refractivity contribution in [1.82, 2.24) is 0 Å². The van der Waals surface area contributed by atoms with Crippen molar-refractivity contribution < 1.29 is 38.2 Å². The van der Waals surface area contributed by atoms with Crippen LogP contribution in [0.15, 0.2) is 12.2 Å². The van der Waals surface area contributed by atoms with Gasteiger partial charge in [-0.05, 0) is 32.1 Å². The molecular weight excluding hydrogens is 691 g/mol. The molecule has 0 aromatic rings. The third-order valence-corrected chi connectivity index (χ3v) is 10.7. The van der Waals surface area contributed by atoms with Gasteiger partial charge in [0.1, 0.15) is 12.6 Å². The van der Waals surface area contributed by atoms with Crippen LogP contribution in [0.2, 0.25) is 0 Å². The van der Waals surface area contributed by atoms with Gasteiger partial charge in [0.15, 0.2) is 6.10 Å². The van der Waals surface area contributed by atoms with Crippen LogP contribution in [-0.4, -0.2) is 75.5 Å². The summed E-state index contributed by atoms with van der Waals surface area (Å²) in [6.07, 6.45) is 41.0. The smallest absolute Gasteiger partial charge is 0.306 e. The molecule has 2 unspecified atom stereocenters. The fraction of sp³-hybridized carbons (Fsp3) is 0.894. The molecular formula is C47H89NO7. The van der Waals surface area contributed by atoms with Crippen molar-refractivity contribution in [2.45, 2.75) is 231 Å². The van der Waals surface area contributed by atoms with Crippen molar-refractivity contribution in [3.05, 3.63) is 12.2 Å². The maximum atomic E-state index is 12.7. The summed E-state index contributed by atoms with van der Waals surface area (Å²) in [4.78, 5) is 36.8. The summed E-state index contributed by atoms with van der Waals surface area (Å²) in [5.74, 6) is -1.73. The summed E-state index contributed by atoms with van der Waals surface area (Å²) in [6, 6.07) is -0.722. The van der Waals surface area contributed by atoms with Gasteiger partial charge >= 0.3 is 11.9 Å². The number of carboxylic acid groups (broad SMARTS) is 1. The molecule has 0 aromatic carbocycles. The molecule has 2 atom stereocenters. The summed E-state index contributed by atoms with van der Waals surface area (Å²) in [6.45, 7) is 4.64. The molecule has 324 valence electrons. The molecule has 8 heteroatoms. The average Bonchev–Trinajstić information content (AvgIpc) is 3.14. The highest BCUT2D eigenvalue weighted by Crippen LogP contribution is 2.16. The average molecular weight is 780 g/mol. The number of carbonyl (C=O) groups is 3. The minimum Gasteiger partial charge on any atom is -0.544 e. The molecule has 0 fully saturated rings. The number of ether oxygens (including phenoxy) is 3. The number of hydrogen-bond acceptors (Lipinski definition) is 7. The Bertz CT molecular complexity index is 915. The van der Waals surface area contributed by atoms with Crippen molar-refractivity contribution in [3.8, 4) is 0 Å². The van der Waals surface area contributed by atoms with Crippen LogP contribution in [0.1, 0.15) is 219 Å². The lowest BCUT2D eigenvalue weighted by atomic mass is 10.0. The zero-order chi connectivity index (χ0) is 40.7. The summed E-state index contributed by atoms with van der Waals surface area (Å²) in [5.41, 5.74) is 0. The summed E-state index contributed by atoms with van der Waals surface area (Å²) in [5, 5.41) is 11.6. The van der Waals surface area contributed by atoms with Crippen LogP contribution in [0.4, 0.5) is 0 Å². The van der Waals surface area contributed by atoms with Crippen LogP contribution in [0, 0.1) is 0 Å². The van der Waals surface area contributed by atoms with Gasteiger partial charge in [0.2, 0.25) is 0 Å².